The number of aromatic nitrogens is 3. The largest absolute Gasteiger partial charge is 0.359 e. The molecule has 0 amide bonds. The van der Waals surface area contributed by atoms with Crippen molar-refractivity contribution >= 4 is 17.3 Å². The molecule has 0 aliphatic rings. The normalized spacial score (nSPS) is 10.6. The van der Waals surface area contributed by atoms with E-state index in [4.69, 9.17) is 0 Å². The Labute approximate surface area is 155 Å². The van der Waals surface area contributed by atoms with E-state index in [0.717, 1.165) is 36.7 Å². The number of hydrogen-bond acceptors (Lipinski definition) is 5. The van der Waals surface area contributed by atoms with E-state index < -0.39 is 0 Å². The Morgan fingerprint density at radius 1 is 1.08 bits per heavy atom. The predicted octanol–water partition coefficient (Wildman–Crippen LogP) is 4.16. The van der Waals surface area contributed by atoms with Crippen molar-refractivity contribution in [2.45, 2.75) is 26.7 Å². The van der Waals surface area contributed by atoms with Gasteiger partial charge in [0.25, 0.3) is 0 Å². The first-order valence-corrected chi connectivity index (χ1v) is 8.95. The highest BCUT2D eigenvalue weighted by atomic mass is 15.2. The first-order chi connectivity index (χ1) is 12.7. The Kier molecular flexibility index (Phi) is 5.79. The van der Waals surface area contributed by atoms with Gasteiger partial charge >= 0.3 is 0 Å². The Bertz CT molecular complexity index is 848. The molecule has 3 aromatic rings. The van der Waals surface area contributed by atoms with Crippen molar-refractivity contribution < 1.29 is 0 Å². The molecule has 0 unspecified atom stereocenters. The van der Waals surface area contributed by atoms with E-state index in [0.29, 0.717) is 0 Å². The van der Waals surface area contributed by atoms with Crippen LogP contribution in [0.15, 0.2) is 55.1 Å². The SMILES string of the molecule is CCc1cccc(C)c1Nc1cc(N(C)CCc2ccncc2)ncn1. The molecule has 0 radical (unpaired) electrons. The van der Waals surface area contributed by atoms with Crippen molar-refractivity contribution in [2.75, 3.05) is 23.8 Å². The van der Waals surface area contributed by atoms with Crippen molar-refractivity contribution in [3.63, 3.8) is 0 Å². The molecule has 0 saturated heterocycles. The maximum Gasteiger partial charge on any atom is 0.135 e. The fraction of sp³-hybridized carbons (Fsp3) is 0.286. The number of rotatable bonds is 7. The number of benzene rings is 1. The molecule has 0 aliphatic carbocycles. The van der Waals surface area contributed by atoms with E-state index in [9.17, 15) is 0 Å². The predicted molar refractivity (Wildman–Crippen MR) is 107 cm³/mol. The van der Waals surface area contributed by atoms with Crippen LogP contribution in [0.2, 0.25) is 0 Å². The minimum atomic E-state index is 0.815. The Morgan fingerprint density at radius 3 is 2.65 bits per heavy atom. The molecule has 5 nitrogen and oxygen atoms in total. The van der Waals surface area contributed by atoms with Gasteiger partial charge in [0.2, 0.25) is 0 Å². The van der Waals surface area contributed by atoms with E-state index in [1.807, 2.05) is 30.6 Å². The van der Waals surface area contributed by atoms with E-state index in [1.165, 1.54) is 16.7 Å². The molecule has 1 aromatic carbocycles. The molecule has 134 valence electrons. The van der Waals surface area contributed by atoms with E-state index in [-0.39, 0.29) is 0 Å². The zero-order chi connectivity index (χ0) is 18.4. The maximum absolute atomic E-state index is 4.42. The first kappa shape index (κ1) is 17.9. The van der Waals surface area contributed by atoms with Crippen molar-refractivity contribution in [2.24, 2.45) is 0 Å². The van der Waals surface area contributed by atoms with E-state index in [1.54, 1.807) is 6.33 Å². The van der Waals surface area contributed by atoms with Crippen LogP contribution in [0.4, 0.5) is 17.3 Å². The molecule has 5 heteroatoms. The molecule has 3 rings (SSSR count). The molecule has 0 aliphatic heterocycles. The lowest BCUT2D eigenvalue weighted by atomic mass is 10.1. The number of anilines is 3. The fourth-order valence-corrected chi connectivity index (χ4v) is 2.92. The average molecular weight is 347 g/mol. The van der Waals surface area contributed by atoms with Crippen LogP contribution in [-0.4, -0.2) is 28.5 Å². The van der Waals surface area contributed by atoms with Crippen molar-refractivity contribution in [3.05, 3.63) is 71.8 Å². The number of pyridine rings is 1. The highest BCUT2D eigenvalue weighted by Crippen LogP contribution is 2.25. The van der Waals surface area contributed by atoms with Gasteiger partial charge in [-0.25, -0.2) is 9.97 Å². The van der Waals surface area contributed by atoms with Gasteiger partial charge in [0.1, 0.15) is 18.0 Å². The first-order valence-electron chi connectivity index (χ1n) is 8.95. The molecular weight excluding hydrogens is 322 g/mol. The zero-order valence-corrected chi connectivity index (χ0v) is 15.6. The summed E-state index contributed by atoms with van der Waals surface area (Å²) in [6.07, 6.45) is 7.20. The molecule has 26 heavy (non-hydrogen) atoms. The van der Waals surface area contributed by atoms with Gasteiger partial charge in [-0.1, -0.05) is 25.1 Å². The summed E-state index contributed by atoms with van der Waals surface area (Å²) >= 11 is 0. The summed E-state index contributed by atoms with van der Waals surface area (Å²) in [4.78, 5) is 15.0. The molecule has 0 fully saturated rings. The molecule has 1 N–H and O–H groups in total. The van der Waals surface area contributed by atoms with Crippen LogP contribution in [0.25, 0.3) is 0 Å². The van der Waals surface area contributed by atoms with Crippen molar-refractivity contribution in [3.8, 4) is 0 Å². The van der Waals surface area contributed by atoms with Gasteiger partial charge in [-0.2, -0.15) is 0 Å². The third-order valence-electron chi connectivity index (χ3n) is 4.52. The monoisotopic (exact) mass is 347 g/mol. The van der Waals surface area contributed by atoms with Crippen LogP contribution in [-0.2, 0) is 12.8 Å². The standard InChI is InChI=1S/C21H25N5/c1-4-18-7-5-6-16(2)21(18)25-19-14-20(24-15-23-19)26(3)13-10-17-8-11-22-12-9-17/h5-9,11-12,14-15H,4,10,13H2,1-3H3,(H,23,24,25). The highest BCUT2D eigenvalue weighted by molar-refractivity contribution is 5.66. The lowest BCUT2D eigenvalue weighted by molar-refractivity contribution is 0.854. The minimum absolute atomic E-state index is 0.815. The molecule has 0 spiro atoms. The van der Waals surface area contributed by atoms with Crippen molar-refractivity contribution in [1.82, 2.24) is 15.0 Å². The quantitative estimate of drug-likeness (QED) is 0.695. The van der Waals surface area contributed by atoms with Crippen LogP contribution in [0.3, 0.4) is 0 Å². The second-order valence-corrected chi connectivity index (χ2v) is 6.38. The Morgan fingerprint density at radius 2 is 1.88 bits per heavy atom. The maximum atomic E-state index is 4.42. The highest BCUT2D eigenvalue weighted by Gasteiger charge is 2.08. The van der Waals surface area contributed by atoms with Gasteiger partial charge in [-0.05, 0) is 48.6 Å². The van der Waals surface area contributed by atoms with Gasteiger partial charge in [0.15, 0.2) is 0 Å². The Hall–Kier alpha value is -2.95. The van der Waals surface area contributed by atoms with Crippen LogP contribution < -0.4 is 10.2 Å². The van der Waals surface area contributed by atoms with Gasteiger partial charge in [-0.3, -0.25) is 4.98 Å². The molecule has 0 bridgehead atoms. The summed E-state index contributed by atoms with van der Waals surface area (Å²) in [7, 11) is 2.05. The summed E-state index contributed by atoms with van der Waals surface area (Å²) in [5.74, 6) is 1.72. The minimum Gasteiger partial charge on any atom is -0.359 e. The molecule has 2 aromatic heterocycles. The zero-order valence-electron chi connectivity index (χ0n) is 15.6. The molecule has 0 atom stereocenters. The van der Waals surface area contributed by atoms with E-state index in [2.05, 4.69) is 64.3 Å². The van der Waals surface area contributed by atoms with Crippen LogP contribution in [0, 0.1) is 6.92 Å². The van der Waals surface area contributed by atoms with Crippen LogP contribution in [0.5, 0.6) is 0 Å². The van der Waals surface area contributed by atoms with Gasteiger partial charge in [0.05, 0.1) is 0 Å². The third-order valence-corrected chi connectivity index (χ3v) is 4.52. The van der Waals surface area contributed by atoms with Gasteiger partial charge < -0.3 is 10.2 Å². The summed E-state index contributed by atoms with van der Waals surface area (Å²) in [5, 5.41) is 3.47. The van der Waals surface area contributed by atoms with E-state index >= 15 is 0 Å². The second kappa shape index (κ2) is 8.43. The number of likely N-dealkylation sites (N-methyl/N-ethyl adjacent to an activating group) is 1. The summed E-state index contributed by atoms with van der Waals surface area (Å²) in [5.41, 5.74) is 4.91. The lowest BCUT2D eigenvalue weighted by Crippen LogP contribution is -2.21. The number of para-hydroxylation sites is 1. The van der Waals surface area contributed by atoms with Gasteiger partial charge in [0, 0.05) is 37.7 Å². The van der Waals surface area contributed by atoms with Crippen LogP contribution >= 0.6 is 0 Å². The number of nitrogens with one attached hydrogen (secondary N) is 1. The second-order valence-electron chi connectivity index (χ2n) is 6.38. The summed E-state index contributed by atoms with van der Waals surface area (Å²) < 4.78 is 0. The van der Waals surface area contributed by atoms with Crippen LogP contribution in [0.1, 0.15) is 23.6 Å². The molecule has 2 heterocycles. The number of nitrogens with zero attached hydrogens (tertiary/aromatic N) is 4. The van der Waals surface area contributed by atoms with Gasteiger partial charge in [-0.15, -0.1) is 0 Å². The number of hydrogen-bond donors (Lipinski definition) is 1. The summed E-state index contributed by atoms with van der Waals surface area (Å²) in [6, 6.07) is 12.5. The molecular formula is C21H25N5. The number of aryl methyl sites for hydroxylation is 2. The fourth-order valence-electron chi connectivity index (χ4n) is 2.92. The Balaban J connectivity index is 1.72. The smallest absolute Gasteiger partial charge is 0.135 e. The molecule has 0 saturated carbocycles. The van der Waals surface area contributed by atoms with Crippen molar-refractivity contribution in [1.29, 1.82) is 0 Å². The third kappa shape index (κ3) is 4.36. The lowest BCUT2D eigenvalue weighted by Gasteiger charge is -2.19. The topological polar surface area (TPSA) is 53.9 Å². The average Bonchev–Trinajstić information content (AvgIpc) is 2.68. The summed E-state index contributed by atoms with van der Waals surface area (Å²) in [6.45, 7) is 5.16.